The molecule has 0 atom stereocenters. The first-order chi connectivity index (χ1) is 7.13. The molecule has 0 fully saturated rings. The minimum absolute atomic E-state index is 0.162. The van der Waals surface area contributed by atoms with E-state index in [0.29, 0.717) is 23.1 Å². The van der Waals surface area contributed by atoms with Crippen molar-refractivity contribution in [2.45, 2.75) is 19.8 Å². The fraction of sp³-hybridized carbons (Fsp3) is 0.400. The SMILES string of the molecule is CCOC(=O)CCc1ccc(O)c(I)n1. The van der Waals surface area contributed by atoms with Crippen LogP contribution in [0.3, 0.4) is 0 Å². The largest absolute Gasteiger partial charge is 0.505 e. The highest BCUT2D eigenvalue weighted by atomic mass is 127. The van der Waals surface area contributed by atoms with Crippen LogP contribution < -0.4 is 0 Å². The van der Waals surface area contributed by atoms with E-state index in [0.717, 1.165) is 5.69 Å². The summed E-state index contributed by atoms with van der Waals surface area (Å²) in [6.45, 7) is 2.18. The van der Waals surface area contributed by atoms with E-state index in [2.05, 4.69) is 4.98 Å². The summed E-state index contributed by atoms with van der Waals surface area (Å²) in [5.74, 6) is -0.0575. The smallest absolute Gasteiger partial charge is 0.306 e. The quantitative estimate of drug-likeness (QED) is 0.523. The number of hydrogen-bond donors (Lipinski definition) is 1. The Morgan fingerprint density at radius 1 is 1.60 bits per heavy atom. The Labute approximate surface area is 102 Å². The van der Waals surface area contributed by atoms with E-state index in [1.165, 1.54) is 0 Å². The van der Waals surface area contributed by atoms with Gasteiger partial charge in [-0.05, 0) is 41.6 Å². The van der Waals surface area contributed by atoms with E-state index in [9.17, 15) is 9.90 Å². The first-order valence-corrected chi connectivity index (χ1v) is 5.71. The summed E-state index contributed by atoms with van der Waals surface area (Å²) >= 11 is 1.95. The van der Waals surface area contributed by atoms with Crippen molar-refractivity contribution in [2.24, 2.45) is 0 Å². The van der Waals surface area contributed by atoms with Crippen molar-refractivity contribution in [1.29, 1.82) is 0 Å². The average Bonchev–Trinajstić information content (AvgIpc) is 2.20. The minimum Gasteiger partial charge on any atom is -0.505 e. The molecule has 0 amide bonds. The molecular formula is C10H12INO3. The van der Waals surface area contributed by atoms with E-state index in [1.807, 2.05) is 22.6 Å². The van der Waals surface area contributed by atoms with Crippen LogP contribution in [-0.2, 0) is 16.0 Å². The van der Waals surface area contributed by atoms with Crippen molar-refractivity contribution in [1.82, 2.24) is 4.98 Å². The van der Waals surface area contributed by atoms with Crippen molar-refractivity contribution in [3.63, 3.8) is 0 Å². The predicted octanol–water partition coefficient (Wildman–Crippen LogP) is 1.89. The lowest BCUT2D eigenvalue weighted by atomic mass is 10.2. The molecule has 4 nitrogen and oxygen atoms in total. The first kappa shape index (κ1) is 12.2. The number of pyridine rings is 1. The number of esters is 1. The number of nitrogens with zero attached hydrogens (tertiary/aromatic N) is 1. The van der Waals surface area contributed by atoms with Crippen molar-refractivity contribution in [3.8, 4) is 5.75 Å². The molecular weight excluding hydrogens is 309 g/mol. The van der Waals surface area contributed by atoms with Crippen LogP contribution in [0, 0.1) is 3.70 Å². The second kappa shape index (κ2) is 5.89. The number of carbonyl (C=O) groups is 1. The number of carbonyl (C=O) groups excluding carboxylic acids is 1. The molecule has 1 aromatic rings. The van der Waals surface area contributed by atoms with E-state index < -0.39 is 0 Å². The van der Waals surface area contributed by atoms with Gasteiger partial charge in [0.05, 0.1) is 13.0 Å². The van der Waals surface area contributed by atoms with Gasteiger partial charge in [-0.2, -0.15) is 0 Å². The fourth-order valence-corrected chi connectivity index (χ4v) is 1.56. The summed E-state index contributed by atoms with van der Waals surface area (Å²) in [7, 11) is 0. The molecule has 1 rings (SSSR count). The molecule has 82 valence electrons. The molecule has 1 aromatic heterocycles. The minimum atomic E-state index is -0.220. The molecule has 0 radical (unpaired) electrons. The molecule has 0 saturated heterocycles. The standard InChI is InChI=1S/C10H12INO3/c1-2-15-9(14)6-4-7-3-5-8(13)10(11)12-7/h3,5,13H,2,4,6H2,1H3. The molecule has 0 unspecified atom stereocenters. The molecule has 0 bridgehead atoms. The van der Waals surface area contributed by atoms with Gasteiger partial charge < -0.3 is 9.84 Å². The van der Waals surface area contributed by atoms with Gasteiger partial charge in [0.2, 0.25) is 0 Å². The van der Waals surface area contributed by atoms with Crippen LogP contribution >= 0.6 is 22.6 Å². The number of rotatable bonds is 4. The Morgan fingerprint density at radius 2 is 2.33 bits per heavy atom. The molecule has 5 heteroatoms. The van der Waals surface area contributed by atoms with Crippen LogP contribution in [0.4, 0.5) is 0 Å². The lowest BCUT2D eigenvalue weighted by Gasteiger charge is -2.02. The third-order valence-electron chi connectivity index (χ3n) is 1.78. The van der Waals surface area contributed by atoms with Gasteiger partial charge in [0, 0.05) is 12.1 Å². The molecule has 0 aromatic carbocycles. The van der Waals surface area contributed by atoms with Crippen LogP contribution in [0.15, 0.2) is 12.1 Å². The van der Waals surface area contributed by atoms with Gasteiger partial charge in [-0.15, -0.1) is 0 Å². The topological polar surface area (TPSA) is 59.4 Å². The average molecular weight is 321 g/mol. The third kappa shape index (κ3) is 4.03. The molecule has 1 heterocycles. The predicted molar refractivity (Wildman–Crippen MR) is 63.6 cm³/mol. The van der Waals surface area contributed by atoms with Crippen LogP contribution in [0.5, 0.6) is 5.75 Å². The monoisotopic (exact) mass is 321 g/mol. The lowest BCUT2D eigenvalue weighted by Crippen LogP contribution is -2.06. The van der Waals surface area contributed by atoms with Crippen LogP contribution in [-0.4, -0.2) is 22.7 Å². The lowest BCUT2D eigenvalue weighted by molar-refractivity contribution is -0.143. The van der Waals surface area contributed by atoms with Gasteiger partial charge in [0.1, 0.15) is 9.45 Å². The Balaban J connectivity index is 2.51. The fourth-order valence-electron chi connectivity index (χ4n) is 1.07. The molecule has 0 aliphatic heterocycles. The summed E-state index contributed by atoms with van der Waals surface area (Å²) in [6, 6.07) is 3.28. The number of aromatic nitrogens is 1. The summed E-state index contributed by atoms with van der Waals surface area (Å²) in [5, 5.41) is 9.24. The Kier molecular flexibility index (Phi) is 4.80. The second-order valence-electron chi connectivity index (χ2n) is 2.92. The molecule has 15 heavy (non-hydrogen) atoms. The highest BCUT2D eigenvalue weighted by molar-refractivity contribution is 14.1. The van der Waals surface area contributed by atoms with E-state index in [4.69, 9.17) is 4.74 Å². The maximum Gasteiger partial charge on any atom is 0.306 e. The second-order valence-corrected chi connectivity index (χ2v) is 3.94. The molecule has 0 spiro atoms. The van der Waals surface area contributed by atoms with Gasteiger partial charge in [-0.1, -0.05) is 0 Å². The van der Waals surface area contributed by atoms with Crippen molar-refractivity contribution in [2.75, 3.05) is 6.61 Å². The van der Waals surface area contributed by atoms with Crippen LogP contribution in [0.1, 0.15) is 19.0 Å². The highest BCUT2D eigenvalue weighted by Crippen LogP contribution is 2.17. The zero-order valence-electron chi connectivity index (χ0n) is 8.36. The van der Waals surface area contributed by atoms with Crippen LogP contribution in [0.25, 0.3) is 0 Å². The summed E-state index contributed by atoms with van der Waals surface area (Å²) < 4.78 is 5.35. The summed E-state index contributed by atoms with van der Waals surface area (Å²) in [4.78, 5) is 15.2. The number of aryl methyl sites for hydroxylation is 1. The Hall–Kier alpha value is -0.850. The summed E-state index contributed by atoms with van der Waals surface area (Å²) in [6.07, 6.45) is 0.858. The molecule has 0 saturated carbocycles. The van der Waals surface area contributed by atoms with E-state index in [1.54, 1.807) is 19.1 Å². The Bertz CT molecular complexity index is 355. The van der Waals surface area contributed by atoms with Crippen molar-refractivity contribution >= 4 is 28.6 Å². The summed E-state index contributed by atoms with van der Waals surface area (Å²) in [5.41, 5.74) is 0.783. The normalized spacial score (nSPS) is 10.0. The number of ether oxygens (including phenoxy) is 1. The third-order valence-corrected chi connectivity index (χ3v) is 2.57. The van der Waals surface area contributed by atoms with Gasteiger partial charge in [0.15, 0.2) is 0 Å². The highest BCUT2D eigenvalue weighted by Gasteiger charge is 2.05. The Morgan fingerprint density at radius 3 is 2.93 bits per heavy atom. The van der Waals surface area contributed by atoms with Gasteiger partial charge >= 0.3 is 5.97 Å². The molecule has 1 N–H and O–H groups in total. The zero-order valence-corrected chi connectivity index (χ0v) is 10.5. The van der Waals surface area contributed by atoms with Crippen molar-refractivity contribution in [3.05, 3.63) is 21.5 Å². The maximum atomic E-state index is 11.1. The van der Waals surface area contributed by atoms with Gasteiger partial charge in [-0.25, -0.2) is 4.98 Å². The number of aromatic hydroxyl groups is 1. The van der Waals surface area contributed by atoms with E-state index in [-0.39, 0.29) is 11.7 Å². The van der Waals surface area contributed by atoms with Gasteiger partial charge in [0.25, 0.3) is 0 Å². The van der Waals surface area contributed by atoms with Crippen molar-refractivity contribution < 1.29 is 14.6 Å². The zero-order chi connectivity index (χ0) is 11.3. The van der Waals surface area contributed by atoms with E-state index >= 15 is 0 Å². The maximum absolute atomic E-state index is 11.1. The number of halogens is 1. The van der Waals surface area contributed by atoms with Crippen LogP contribution in [0.2, 0.25) is 0 Å². The molecule has 0 aliphatic rings. The van der Waals surface area contributed by atoms with Gasteiger partial charge in [-0.3, -0.25) is 4.79 Å². The molecule has 0 aliphatic carbocycles. The number of hydrogen-bond acceptors (Lipinski definition) is 4. The first-order valence-electron chi connectivity index (χ1n) is 4.63.